The van der Waals surface area contributed by atoms with Gasteiger partial charge in [-0.25, -0.2) is 8.78 Å². The molecule has 12 heavy (non-hydrogen) atoms. The zero-order chi connectivity index (χ0) is 9.14. The van der Waals surface area contributed by atoms with Crippen LogP contribution < -0.4 is 0 Å². The van der Waals surface area contributed by atoms with E-state index >= 15 is 0 Å². The quantitative estimate of drug-likeness (QED) is 0.621. The SMILES string of the molecule is N#C[C@@H](Cl)c1ccc(F)cc1F. The summed E-state index contributed by atoms with van der Waals surface area (Å²) in [5.74, 6) is -1.48. The standard InChI is InChI=1S/C8H4ClF2N/c9-7(4-12)6-2-1-5(10)3-8(6)11/h1-3,7H/t7-/m1/s1. The molecule has 62 valence electrons. The van der Waals surface area contributed by atoms with Gasteiger partial charge in [0.1, 0.15) is 17.0 Å². The van der Waals surface area contributed by atoms with E-state index in [4.69, 9.17) is 16.9 Å². The number of benzene rings is 1. The molecule has 4 heteroatoms. The molecule has 0 fully saturated rings. The van der Waals surface area contributed by atoms with E-state index in [1.807, 2.05) is 0 Å². The fourth-order valence-corrected chi connectivity index (χ4v) is 0.954. The Morgan fingerprint density at radius 3 is 2.58 bits per heavy atom. The molecule has 0 N–H and O–H groups in total. The number of alkyl halides is 1. The molecule has 0 saturated heterocycles. The topological polar surface area (TPSA) is 23.8 Å². The zero-order valence-corrected chi connectivity index (χ0v) is 6.65. The average Bonchev–Trinajstić information content (AvgIpc) is 2.03. The van der Waals surface area contributed by atoms with E-state index in [1.54, 1.807) is 6.07 Å². The Labute approximate surface area is 73.2 Å². The van der Waals surface area contributed by atoms with Crippen LogP contribution in [0.1, 0.15) is 10.9 Å². The van der Waals surface area contributed by atoms with Gasteiger partial charge in [0, 0.05) is 11.6 Å². The largest absolute Gasteiger partial charge is 0.207 e. The van der Waals surface area contributed by atoms with Crippen LogP contribution in [0.25, 0.3) is 0 Å². The molecule has 0 saturated carbocycles. The summed E-state index contributed by atoms with van der Waals surface area (Å²) in [5, 5.41) is 7.28. The lowest BCUT2D eigenvalue weighted by Gasteiger charge is -2.01. The first-order chi connectivity index (χ1) is 5.65. The fraction of sp³-hybridized carbons (Fsp3) is 0.125. The summed E-state index contributed by atoms with van der Waals surface area (Å²) in [6, 6.07) is 4.56. The molecule has 0 aliphatic heterocycles. The van der Waals surface area contributed by atoms with Crippen LogP contribution in [0, 0.1) is 23.0 Å². The second kappa shape index (κ2) is 3.51. The van der Waals surface area contributed by atoms with Crippen molar-refractivity contribution in [3.8, 4) is 6.07 Å². The van der Waals surface area contributed by atoms with Gasteiger partial charge in [-0.15, -0.1) is 11.6 Å². The van der Waals surface area contributed by atoms with Crippen LogP contribution >= 0.6 is 11.6 Å². The minimum Gasteiger partial charge on any atom is -0.207 e. The summed E-state index contributed by atoms with van der Waals surface area (Å²) in [6.45, 7) is 0. The van der Waals surface area contributed by atoms with E-state index in [-0.39, 0.29) is 5.56 Å². The smallest absolute Gasteiger partial charge is 0.148 e. The van der Waals surface area contributed by atoms with Crippen molar-refractivity contribution in [2.45, 2.75) is 5.38 Å². The fourth-order valence-electron chi connectivity index (χ4n) is 0.777. The van der Waals surface area contributed by atoms with Crippen LogP contribution in [0.5, 0.6) is 0 Å². The van der Waals surface area contributed by atoms with Crippen molar-refractivity contribution in [3.05, 3.63) is 35.4 Å². The molecule has 0 aliphatic carbocycles. The summed E-state index contributed by atoms with van der Waals surface area (Å²) in [5.41, 5.74) is 0.000525. The first-order valence-corrected chi connectivity index (χ1v) is 3.57. The molecule has 0 radical (unpaired) electrons. The molecule has 0 bridgehead atoms. The summed E-state index contributed by atoms with van der Waals surface area (Å²) in [4.78, 5) is 0. The van der Waals surface area contributed by atoms with E-state index in [0.717, 1.165) is 12.1 Å². The Balaban J connectivity index is 3.11. The molecule has 0 aromatic heterocycles. The number of hydrogen-bond acceptors (Lipinski definition) is 1. The normalized spacial score (nSPS) is 12.2. The molecule has 1 rings (SSSR count). The van der Waals surface area contributed by atoms with E-state index in [2.05, 4.69) is 0 Å². The third kappa shape index (κ3) is 1.72. The van der Waals surface area contributed by atoms with E-state index in [9.17, 15) is 8.78 Å². The first-order valence-electron chi connectivity index (χ1n) is 3.14. The average molecular weight is 188 g/mol. The van der Waals surface area contributed by atoms with Gasteiger partial charge < -0.3 is 0 Å². The Hall–Kier alpha value is -1.14. The van der Waals surface area contributed by atoms with Crippen LogP contribution in [0.2, 0.25) is 0 Å². The molecule has 0 unspecified atom stereocenters. The van der Waals surface area contributed by atoms with Crippen molar-refractivity contribution in [3.63, 3.8) is 0 Å². The van der Waals surface area contributed by atoms with Crippen molar-refractivity contribution in [2.24, 2.45) is 0 Å². The highest BCUT2D eigenvalue weighted by Crippen LogP contribution is 2.22. The Bertz CT molecular complexity index is 332. The lowest BCUT2D eigenvalue weighted by atomic mass is 10.1. The molecular weight excluding hydrogens is 184 g/mol. The van der Waals surface area contributed by atoms with Crippen LogP contribution in [-0.2, 0) is 0 Å². The van der Waals surface area contributed by atoms with Crippen LogP contribution in [0.15, 0.2) is 18.2 Å². The highest BCUT2D eigenvalue weighted by atomic mass is 35.5. The van der Waals surface area contributed by atoms with Crippen molar-refractivity contribution in [2.75, 3.05) is 0 Å². The summed E-state index contributed by atoms with van der Waals surface area (Å²) in [7, 11) is 0. The van der Waals surface area contributed by atoms with Gasteiger partial charge in [0.2, 0.25) is 0 Å². The van der Waals surface area contributed by atoms with Gasteiger partial charge in [0.05, 0.1) is 6.07 Å². The molecule has 1 aromatic rings. The van der Waals surface area contributed by atoms with Gasteiger partial charge in [-0.05, 0) is 6.07 Å². The Morgan fingerprint density at radius 2 is 2.08 bits per heavy atom. The lowest BCUT2D eigenvalue weighted by Crippen LogP contribution is -1.92. The van der Waals surface area contributed by atoms with Crippen molar-refractivity contribution in [1.29, 1.82) is 5.26 Å². The highest BCUT2D eigenvalue weighted by molar-refractivity contribution is 6.22. The Kier molecular flexibility index (Phi) is 2.61. The predicted octanol–water partition coefficient (Wildman–Crippen LogP) is 2.77. The lowest BCUT2D eigenvalue weighted by molar-refractivity contribution is 0.574. The second-order valence-electron chi connectivity index (χ2n) is 2.16. The third-order valence-corrected chi connectivity index (χ3v) is 1.68. The molecule has 0 heterocycles. The summed E-state index contributed by atoms with van der Waals surface area (Å²) >= 11 is 5.42. The van der Waals surface area contributed by atoms with Crippen LogP contribution in [0.3, 0.4) is 0 Å². The molecule has 1 atom stereocenters. The van der Waals surface area contributed by atoms with Crippen molar-refractivity contribution >= 4 is 11.6 Å². The van der Waals surface area contributed by atoms with Gasteiger partial charge in [0.15, 0.2) is 0 Å². The first kappa shape index (κ1) is 8.95. The maximum absolute atomic E-state index is 12.8. The van der Waals surface area contributed by atoms with Crippen molar-refractivity contribution < 1.29 is 8.78 Å². The van der Waals surface area contributed by atoms with E-state index in [1.165, 1.54) is 0 Å². The van der Waals surface area contributed by atoms with Crippen LogP contribution in [-0.4, -0.2) is 0 Å². The molecule has 0 spiro atoms. The summed E-state index contributed by atoms with van der Waals surface area (Å²) in [6.07, 6.45) is 0. The third-order valence-electron chi connectivity index (χ3n) is 1.35. The van der Waals surface area contributed by atoms with E-state index in [0.29, 0.717) is 6.07 Å². The number of nitriles is 1. The number of halogens is 3. The van der Waals surface area contributed by atoms with Gasteiger partial charge >= 0.3 is 0 Å². The van der Waals surface area contributed by atoms with Crippen LogP contribution in [0.4, 0.5) is 8.78 Å². The minimum atomic E-state index is -1.06. The van der Waals surface area contributed by atoms with Gasteiger partial charge in [-0.3, -0.25) is 0 Å². The van der Waals surface area contributed by atoms with Gasteiger partial charge in [-0.1, -0.05) is 6.07 Å². The molecular formula is C8H4ClF2N. The Morgan fingerprint density at radius 1 is 1.42 bits per heavy atom. The monoisotopic (exact) mass is 187 g/mol. The number of nitrogens with zero attached hydrogens (tertiary/aromatic N) is 1. The zero-order valence-electron chi connectivity index (χ0n) is 5.89. The molecule has 1 aromatic carbocycles. The predicted molar refractivity (Wildman–Crippen MR) is 40.6 cm³/mol. The minimum absolute atomic E-state index is 0.000525. The maximum atomic E-state index is 12.8. The number of rotatable bonds is 1. The second-order valence-corrected chi connectivity index (χ2v) is 2.59. The number of hydrogen-bond donors (Lipinski definition) is 0. The maximum Gasteiger partial charge on any atom is 0.148 e. The molecule has 0 amide bonds. The molecule has 0 aliphatic rings. The molecule has 1 nitrogen and oxygen atoms in total. The van der Waals surface area contributed by atoms with Gasteiger partial charge in [-0.2, -0.15) is 5.26 Å². The highest BCUT2D eigenvalue weighted by Gasteiger charge is 2.11. The van der Waals surface area contributed by atoms with Crippen molar-refractivity contribution in [1.82, 2.24) is 0 Å². The van der Waals surface area contributed by atoms with E-state index < -0.39 is 17.0 Å². The summed E-state index contributed by atoms with van der Waals surface area (Å²) < 4.78 is 25.2. The van der Waals surface area contributed by atoms with Gasteiger partial charge in [0.25, 0.3) is 0 Å².